The van der Waals surface area contributed by atoms with Crippen molar-refractivity contribution in [1.82, 2.24) is 15.6 Å². The van der Waals surface area contributed by atoms with Crippen LogP contribution in [0.3, 0.4) is 0 Å². The van der Waals surface area contributed by atoms with Crippen LogP contribution in [0.4, 0.5) is 0 Å². The third kappa shape index (κ3) is 6.43. The summed E-state index contributed by atoms with van der Waals surface area (Å²) in [5, 5.41) is 8.69. The zero-order chi connectivity index (χ0) is 14.2. The summed E-state index contributed by atoms with van der Waals surface area (Å²) < 4.78 is 0. The van der Waals surface area contributed by atoms with Crippen molar-refractivity contribution >= 4 is 41.3 Å². The zero-order valence-corrected chi connectivity index (χ0v) is 15.4. The van der Waals surface area contributed by atoms with Crippen LogP contribution in [0.25, 0.3) is 0 Å². The summed E-state index contributed by atoms with van der Waals surface area (Å²) in [5.41, 5.74) is 2.28. The van der Waals surface area contributed by atoms with E-state index >= 15 is 0 Å². The van der Waals surface area contributed by atoms with E-state index in [-0.39, 0.29) is 24.0 Å². The molecule has 0 aliphatic rings. The molecule has 0 fully saturated rings. The van der Waals surface area contributed by atoms with Crippen LogP contribution in [0.5, 0.6) is 0 Å². The molecule has 2 rings (SSSR count). The third-order valence-corrected chi connectivity index (χ3v) is 3.79. The Hall–Kier alpha value is -1.15. The Kier molecular flexibility index (Phi) is 8.29. The largest absolute Gasteiger partial charge is 0.356 e. The summed E-state index contributed by atoms with van der Waals surface area (Å²) in [6.07, 6.45) is 2.87. The highest BCUT2D eigenvalue weighted by Gasteiger charge is 1.99. The van der Waals surface area contributed by atoms with Crippen molar-refractivity contribution < 1.29 is 0 Å². The molecule has 0 radical (unpaired) electrons. The van der Waals surface area contributed by atoms with E-state index in [4.69, 9.17) is 0 Å². The number of pyridine rings is 1. The van der Waals surface area contributed by atoms with Gasteiger partial charge in [-0.05, 0) is 36.4 Å². The molecule has 6 heteroatoms. The SMILES string of the molecule is CN=C(NCCc1ccc(C)nc1)NCc1cccs1.I. The highest BCUT2D eigenvalue weighted by molar-refractivity contribution is 14.0. The van der Waals surface area contributed by atoms with E-state index in [1.807, 2.05) is 19.2 Å². The number of rotatable bonds is 5. The molecule has 0 saturated heterocycles. The van der Waals surface area contributed by atoms with Gasteiger partial charge in [-0.1, -0.05) is 12.1 Å². The molecule has 0 aromatic carbocycles. The predicted octanol–water partition coefficient (Wildman–Crippen LogP) is 2.98. The number of guanidine groups is 1. The number of aromatic nitrogens is 1. The minimum absolute atomic E-state index is 0. The lowest BCUT2D eigenvalue weighted by Gasteiger charge is -2.11. The second-order valence-electron chi connectivity index (χ2n) is 4.49. The van der Waals surface area contributed by atoms with Gasteiger partial charge in [-0.2, -0.15) is 0 Å². The number of thiophene rings is 1. The highest BCUT2D eigenvalue weighted by atomic mass is 127. The molecular formula is C15H21IN4S. The maximum Gasteiger partial charge on any atom is 0.191 e. The Morgan fingerprint density at radius 2 is 2.14 bits per heavy atom. The second kappa shape index (κ2) is 9.73. The van der Waals surface area contributed by atoms with Gasteiger partial charge in [0.25, 0.3) is 0 Å². The molecule has 0 unspecified atom stereocenters. The number of aryl methyl sites for hydroxylation is 1. The summed E-state index contributed by atoms with van der Waals surface area (Å²) in [7, 11) is 1.79. The molecule has 0 saturated carbocycles. The summed E-state index contributed by atoms with van der Waals surface area (Å²) in [4.78, 5) is 9.81. The van der Waals surface area contributed by atoms with Crippen LogP contribution in [0.15, 0.2) is 40.8 Å². The molecule has 0 bridgehead atoms. The monoisotopic (exact) mass is 416 g/mol. The van der Waals surface area contributed by atoms with E-state index in [0.29, 0.717) is 0 Å². The lowest BCUT2D eigenvalue weighted by molar-refractivity contribution is 0.797. The van der Waals surface area contributed by atoms with Crippen molar-refractivity contribution in [3.05, 3.63) is 52.0 Å². The first-order valence-corrected chi connectivity index (χ1v) is 7.54. The first kappa shape index (κ1) is 17.9. The van der Waals surface area contributed by atoms with E-state index in [2.05, 4.69) is 44.2 Å². The van der Waals surface area contributed by atoms with Crippen LogP contribution < -0.4 is 10.6 Å². The maximum atomic E-state index is 4.29. The lowest BCUT2D eigenvalue weighted by atomic mass is 10.2. The summed E-state index contributed by atoms with van der Waals surface area (Å²) >= 11 is 1.74. The number of nitrogens with one attached hydrogen (secondary N) is 2. The molecule has 2 aromatic rings. The molecule has 21 heavy (non-hydrogen) atoms. The number of halogens is 1. The smallest absolute Gasteiger partial charge is 0.191 e. The Morgan fingerprint density at radius 3 is 2.76 bits per heavy atom. The molecule has 0 aliphatic heterocycles. The average molecular weight is 416 g/mol. The average Bonchev–Trinajstić information content (AvgIpc) is 2.98. The van der Waals surface area contributed by atoms with Gasteiger partial charge >= 0.3 is 0 Å². The molecule has 4 nitrogen and oxygen atoms in total. The Balaban J connectivity index is 0.00000220. The van der Waals surface area contributed by atoms with Gasteiger partial charge in [0.15, 0.2) is 5.96 Å². The van der Waals surface area contributed by atoms with Crippen LogP contribution in [-0.4, -0.2) is 24.5 Å². The molecule has 0 atom stereocenters. The summed E-state index contributed by atoms with van der Waals surface area (Å²) in [6.45, 7) is 3.65. The zero-order valence-electron chi connectivity index (χ0n) is 12.3. The van der Waals surface area contributed by atoms with Crippen LogP contribution in [0.1, 0.15) is 16.1 Å². The highest BCUT2D eigenvalue weighted by Crippen LogP contribution is 2.07. The van der Waals surface area contributed by atoms with Crippen LogP contribution in [0, 0.1) is 6.92 Å². The van der Waals surface area contributed by atoms with Crippen molar-refractivity contribution in [1.29, 1.82) is 0 Å². The van der Waals surface area contributed by atoms with Gasteiger partial charge in [-0.25, -0.2) is 0 Å². The van der Waals surface area contributed by atoms with E-state index in [1.165, 1.54) is 10.4 Å². The standard InChI is InChI=1S/C15H20N4S.HI/c1-12-5-6-13(10-18-12)7-8-17-15(16-2)19-11-14-4-3-9-20-14;/h3-6,9-10H,7-8,11H2,1-2H3,(H2,16,17,19);1H. The molecule has 114 valence electrons. The number of hydrogen-bond acceptors (Lipinski definition) is 3. The molecule has 0 spiro atoms. The van der Waals surface area contributed by atoms with E-state index in [9.17, 15) is 0 Å². The Labute approximate surface area is 147 Å². The van der Waals surface area contributed by atoms with Gasteiger partial charge in [0.05, 0.1) is 6.54 Å². The van der Waals surface area contributed by atoms with Crippen LogP contribution in [-0.2, 0) is 13.0 Å². The predicted molar refractivity (Wildman–Crippen MR) is 101 cm³/mol. The summed E-state index contributed by atoms with van der Waals surface area (Å²) in [5.74, 6) is 0.832. The minimum Gasteiger partial charge on any atom is -0.356 e. The first-order valence-electron chi connectivity index (χ1n) is 6.66. The summed E-state index contributed by atoms with van der Waals surface area (Å²) in [6, 6.07) is 8.33. The quantitative estimate of drug-likeness (QED) is 0.448. The number of aliphatic imine (C=N–C) groups is 1. The van der Waals surface area contributed by atoms with Gasteiger partial charge in [0.1, 0.15) is 0 Å². The van der Waals surface area contributed by atoms with Gasteiger partial charge in [-0.15, -0.1) is 35.3 Å². The van der Waals surface area contributed by atoms with Gasteiger partial charge in [-0.3, -0.25) is 9.98 Å². The normalized spacial score (nSPS) is 10.9. The number of hydrogen-bond donors (Lipinski definition) is 2. The van der Waals surface area contributed by atoms with Gasteiger partial charge in [0, 0.05) is 30.4 Å². The fourth-order valence-electron chi connectivity index (χ4n) is 1.78. The molecular weight excluding hydrogens is 395 g/mol. The maximum absolute atomic E-state index is 4.29. The van der Waals surface area contributed by atoms with E-state index < -0.39 is 0 Å². The van der Waals surface area contributed by atoms with Crippen LogP contribution >= 0.6 is 35.3 Å². The molecule has 2 heterocycles. The second-order valence-corrected chi connectivity index (χ2v) is 5.52. The topological polar surface area (TPSA) is 49.3 Å². The molecule has 2 aromatic heterocycles. The van der Waals surface area contributed by atoms with Crippen molar-refractivity contribution in [2.75, 3.05) is 13.6 Å². The van der Waals surface area contributed by atoms with Gasteiger partial charge < -0.3 is 10.6 Å². The Bertz CT molecular complexity index is 537. The number of nitrogens with zero attached hydrogens (tertiary/aromatic N) is 2. The lowest BCUT2D eigenvalue weighted by Crippen LogP contribution is -2.37. The first-order chi connectivity index (χ1) is 9.78. The van der Waals surface area contributed by atoms with E-state index in [0.717, 1.165) is 31.2 Å². The third-order valence-electron chi connectivity index (χ3n) is 2.91. The van der Waals surface area contributed by atoms with E-state index in [1.54, 1.807) is 18.4 Å². The van der Waals surface area contributed by atoms with Gasteiger partial charge in [0.2, 0.25) is 0 Å². The van der Waals surface area contributed by atoms with Crippen molar-refractivity contribution in [3.8, 4) is 0 Å². The van der Waals surface area contributed by atoms with Crippen molar-refractivity contribution in [2.24, 2.45) is 4.99 Å². The van der Waals surface area contributed by atoms with Crippen molar-refractivity contribution in [3.63, 3.8) is 0 Å². The Morgan fingerprint density at radius 1 is 1.29 bits per heavy atom. The molecule has 0 aliphatic carbocycles. The molecule has 2 N–H and O–H groups in total. The minimum atomic E-state index is 0. The fraction of sp³-hybridized carbons (Fsp3) is 0.333. The fourth-order valence-corrected chi connectivity index (χ4v) is 2.42. The van der Waals surface area contributed by atoms with Crippen LogP contribution in [0.2, 0.25) is 0 Å². The molecule has 0 amide bonds. The van der Waals surface area contributed by atoms with Crippen molar-refractivity contribution in [2.45, 2.75) is 19.9 Å².